The van der Waals surface area contributed by atoms with E-state index in [-0.39, 0.29) is 5.95 Å². The van der Waals surface area contributed by atoms with Crippen LogP contribution in [-0.2, 0) is 6.42 Å². The molecule has 0 amide bonds. The minimum atomic E-state index is -0.411. The first-order valence-electron chi connectivity index (χ1n) is 8.05. The topological polar surface area (TPSA) is 89.9 Å². The average Bonchev–Trinajstić information content (AvgIpc) is 2.62. The predicted molar refractivity (Wildman–Crippen MR) is 97.0 cm³/mol. The third-order valence-electron chi connectivity index (χ3n) is 3.97. The number of nitrogens with two attached hydrogens (primary N) is 1. The number of hydrogen-bond donors (Lipinski definition) is 1. The molecule has 7 nitrogen and oxygen atoms in total. The molecule has 0 fully saturated rings. The lowest BCUT2D eigenvalue weighted by molar-refractivity contribution is 0.748. The van der Waals surface area contributed by atoms with Crippen LogP contribution in [0.15, 0.2) is 47.4 Å². The lowest BCUT2D eigenvalue weighted by Gasteiger charge is -2.19. The van der Waals surface area contributed by atoms with Crippen molar-refractivity contribution in [2.24, 2.45) is 5.84 Å². The summed E-state index contributed by atoms with van der Waals surface area (Å²) in [6.45, 7) is 5.87. The highest BCUT2D eigenvalue weighted by Crippen LogP contribution is 2.20. The summed E-state index contributed by atoms with van der Waals surface area (Å²) in [6.07, 6.45) is 2.18. The van der Waals surface area contributed by atoms with Gasteiger partial charge in [0.2, 0.25) is 0 Å². The number of para-hydroxylation sites is 1. The molecule has 0 radical (unpaired) electrons. The maximum absolute atomic E-state index is 12.8. The summed E-state index contributed by atoms with van der Waals surface area (Å²) in [5.74, 6) is 7.25. The number of rotatable bonds is 4. The van der Waals surface area contributed by atoms with Gasteiger partial charge in [-0.15, -0.1) is 0 Å². The van der Waals surface area contributed by atoms with Gasteiger partial charge in [0.25, 0.3) is 5.95 Å². The van der Waals surface area contributed by atoms with Gasteiger partial charge in [-0.3, -0.25) is 0 Å². The van der Waals surface area contributed by atoms with Crippen molar-refractivity contribution in [1.29, 1.82) is 0 Å². The predicted octanol–water partition coefficient (Wildman–Crippen LogP) is 2.21. The van der Waals surface area contributed by atoms with E-state index in [4.69, 9.17) is 5.84 Å². The minimum absolute atomic E-state index is 0.128. The molecule has 128 valence electrons. The van der Waals surface area contributed by atoms with Gasteiger partial charge in [0.15, 0.2) is 0 Å². The smallest absolute Gasteiger partial charge is 0.247 e. The van der Waals surface area contributed by atoms with Gasteiger partial charge >= 0.3 is 5.69 Å². The van der Waals surface area contributed by atoms with Gasteiger partial charge in [0.1, 0.15) is 11.6 Å². The molecule has 0 saturated heterocycles. The second-order valence-electron chi connectivity index (χ2n) is 5.71. The van der Waals surface area contributed by atoms with E-state index < -0.39 is 5.69 Å². The van der Waals surface area contributed by atoms with E-state index in [0.717, 1.165) is 16.8 Å². The van der Waals surface area contributed by atoms with E-state index >= 15 is 0 Å². The molecular formula is C18H20N6O. The fourth-order valence-electron chi connectivity index (χ4n) is 2.76. The van der Waals surface area contributed by atoms with Gasteiger partial charge in [-0.1, -0.05) is 31.2 Å². The molecule has 0 spiro atoms. The van der Waals surface area contributed by atoms with Gasteiger partial charge in [-0.25, -0.2) is 25.2 Å². The normalized spacial score (nSPS) is 10.7. The zero-order valence-electron chi connectivity index (χ0n) is 14.5. The van der Waals surface area contributed by atoms with Crippen LogP contribution in [0.5, 0.6) is 0 Å². The highest BCUT2D eigenvalue weighted by Gasteiger charge is 2.17. The Labute approximate surface area is 145 Å². The molecule has 2 heterocycles. The number of anilines is 2. The fraction of sp³-hybridized carbons (Fsp3) is 0.222. The van der Waals surface area contributed by atoms with Crippen molar-refractivity contribution >= 4 is 11.8 Å². The first-order chi connectivity index (χ1) is 12.0. The van der Waals surface area contributed by atoms with Crippen molar-refractivity contribution in [1.82, 2.24) is 19.5 Å². The molecule has 25 heavy (non-hydrogen) atoms. The summed E-state index contributed by atoms with van der Waals surface area (Å²) >= 11 is 0. The Morgan fingerprint density at radius 3 is 2.40 bits per heavy atom. The summed E-state index contributed by atoms with van der Waals surface area (Å²) in [7, 11) is 0. The van der Waals surface area contributed by atoms with E-state index in [2.05, 4.69) is 15.0 Å². The largest absolute Gasteiger partial charge is 0.356 e. The Bertz CT molecular complexity index is 931. The maximum atomic E-state index is 12.8. The molecule has 2 N–H and O–H groups in total. The van der Waals surface area contributed by atoms with E-state index in [0.29, 0.717) is 18.1 Å². The maximum Gasteiger partial charge on any atom is 0.356 e. The van der Waals surface area contributed by atoms with Gasteiger partial charge in [0.05, 0.1) is 5.69 Å². The highest BCUT2D eigenvalue weighted by atomic mass is 16.1. The van der Waals surface area contributed by atoms with Crippen molar-refractivity contribution < 1.29 is 0 Å². The molecule has 0 atom stereocenters. The molecule has 0 aliphatic carbocycles. The van der Waals surface area contributed by atoms with Crippen LogP contribution in [0.4, 0.5) is 11.8 Å². The van der Waals surface area contributed by atoms with Crippen LogP contribution in [0.3, 0.4) is 0 Å². The molecule has 7 heteroatoms. The molecule has 0 bridgehead atoms. The van der Waals surface area contributed by atoms with Crippen molar-refractivity contribution in [2.75, 3.05) is 5.01 Å². The van der Waals surface area contributed by atoms with Crippen LogP contribution >= 0.6 is 0 Å². The number of hydrazine groups is 1. The standard InChI is InChI=1S/C18H20N6O/c1-4-14-21-17(24(19)15-10-5-6-11-20-15)22-18(25)23(14)16-12(2)8-7-9-13(16)3/h5-11H,4,19H2,1-3H3. The molecular weight excluding hydrogens is 316 g/mol. The zero-order chi connectivity index (χ0) is 18.0. The van der Waals surface area contributed by atoms with Crippen LogP contribution in [0.25, 0.3) is 5.69 Å². The van der Waals surface area contributed by atoms with E-state index in [9.17, 15) is 4.79 Å². The zero-order valence-corrected chi connectivity index (χ0v) is 14.5. The SMILES string of the molecule is CCc1nc(N(N)c2ccccn2)nc(=O)n1-c1c(C)cccc1C. The van der Waals surface area contributed by atoms with Gasteiger partial charge in [-0.05, 0) is 37.1 Å². The monoisotopic (exact) mass is 336 g/mol. The molecule has 3 aromatic rings. The second-order valence-corrected chi connectivity index (χ2v) is 5.71. The molecule has 0 saturated carbocycles. The second kappa shape index (κ2) is 6.82. The lowest BCUT2D eigenvalue weighted by Crippen LogP contribution is -2.34. The van der Waals surface area contributed by atoms with Gasteiger partial charge in [0, 0.05) is 12.6 Å². The molecule has 0 unspecified atom stereocenters. The Hall–Kier alpha value is -3.06. The van der Waals surface area contributed by atoms with Crippen LogP contribution in [0.2, 0.25) is 0 Å². The molecule has 3 rings (SSSR count). The highest BCUT2D eigenvalue weighted by molar-refractivity contribution is 5.51. The third-order valence-corrected chi connectivity index (χ3v) is 3.97. The van der Waals surface area contributed by atoms with Gasteiger partial charge in [-0.2, -0.15) is 9.97 Å². The summed E-state index contributed by atoms with van der Waals surface area (Å²) in [5, 5.41) is 1.22. The molecule has 1 aromatic carbocycles. The van der Waals surface area contributed by atoms with Crippen molar-refractivity contribution in [2.45, 2.75) is 27.2 Å². The Balaban J connectivity index is 2.17. The van der Waals surface area contributed by atoms with E-state index in [1.807, 2.05) is 39.0 Å². The number of aromatic nitrogens is 4. The van der Waals surface area contributed by atoms with Crippen molar-refractivity contribution in [3.05, 3.63) is 70.0 Å². The van der Waals surface area contributed by atoms with Crippen LogP contribution in [0.1, 0.15) is 23.9 Å². The lowest BCUT2D eigenvalue weighted by atomic mass is 10.1. The van der Waals surface area contributed by atoms with Crippen LogP contribution in [0, 0.1) is 13.8 Å². The van der Waals surface area contributed by atoms with Crippen molar-refractivity contribution in [3.8, 4) is 5.69 Å². The summed E-state index contributed by atoms with van der Waals surface area (Å²) in [4.78, 5) is 25.5. The van der Waals surface area contributed by atoms with Gasteiger partial charge < -0.3 is 0 Å². The summed E-state index contributed by atoms with van der Waals surface area (Å²) in [5.41, 5.74) is 2.38. The van der Waals surface area contributed by atoms with E-state index in [1.165, 1.54) is 5.01 Å². The summed E-state index contributed by atoms with van der Waals surface area (Å²) in [6, 6.07) is 11.2. The number of pyridine rings is 1. The number of aryl methyl sites for hydroxylation is 3. The Morgan fingerprint density at radius 2 is 1.80 bits per heavy atom. The quantitative estimate of drug-likeness (QED) is 0.580. The minimum Gasteiger partial charge on any atom is -0.247 e. The fourth-order valence-corrected chi connectivity index (χ4v) is 2.76. The molecule has 0 aliphatic rings. The Morgan fingerprint density at radius 1 is 1.08 bits per heavy atom. The summed E-state index contributed by atoms with van der Waals surface area (Å²) < 4.78 is 1.56. The van der Waals surface area contributed by atoms with E-state index in [1.54, 1.807) is 29.0 Å². The Kier molecular flexibility index (Phi) is 4.58. The molecule has 2 aromatic heterocycles. The number of benzene rings is 1. The van der Waals surface area contributed by atoms with Crippen LogP contribution < -0.4 is 16.5 Å². The first-order valence-corrected chi connectivity index (χ1v) is 8.05. The first kappa shape index (κ1) is 16.8. The molecule has 0 aliphatic heterocycles. The third kappa shape index (κ3) is 3.14. The van der Waals surface area contributed by atoms with Crippen molar-refractivity contribution in [3.63, 3.8) is 0 Å². The number of nitrogens with zero attached hydrogens (tertiary/aromatic N) is 5. The van der Waals surface area contributed by atoms with Crippen LogP contribution in [-0.4, -0.2) is 19.5 Å². The average molecular weight is 336 g/mol. The number of hydrogen-bond acceptors (Lipinski definition) is 6.